The zero-order valence-corrected chi connectivity index (χ0v) is 24.3. The largest absolute Gasteiger partial charge is 0.376 e. The van der Waals surface area contributed by atoms with E-state index in [0.29, 0.717) is 24.0 Å². The molecule has 2 aliphatic rings. The van der Waals surface area contributed by atoms with Crippen molar-refractivity contribution in [2.24, 2.45) is 0 Å². The number of ether oxygens (including phenoxy) is 1. The Hall–Kier alpha value is -3.59. The summed E-state index contributed by atoms with van der Waals surface area (Å²) in [5.74, 6) is 0.414. The third kappa shape index (κ3) is 5.91. The Morgan fingerprint density at radius 2 is 1.90 bits per heavy atom. The molecule has 2 aliphatic heterocycles. The molecular formula is C32H31ClN4O3S. The molecule has 0 saturated carbocycles. The number of fused-ring (bicyclic) bond motifs is 1. The SMILES string of the molecule is Cc1ccc(-n2nc(-c3ccccc3)c3c2N(CC(=O)NCC2CCCO2)C(=O)CSC3c2cccc(Cl)c2)cc1. The fourth-order valence-corrected chi connectivity index (χ4v) is 6.75. The first-order valence-electron chi connectivity index (χ1n) is 13.8. The van der Waals surface area contributed by atoms with E-state index in [9.17, 15) is 9.59 Å². The van der Waals surface area contributed by atoms with Crippen LogP contribution in [0, 0.1) is 6.92 Å². The van der Waals surface area contributed by atoms with Gasteiger partial charge < -0.3 is 10.1 Å². The Morgan fingerprint density at radius 1 is 1.10 bits per heavy atom. The van der Waals surface area contributed by atoms with Crippen LogP contribution in [-0.2, 0) is 14.3 Å². The van der Waals surface area contributed by atoms with Gasteiger partial charge in [-0.1, -0.05) is 71.8 Å². The number of hydrogen-bond acceptors (Lipinski definition) is 5. The Balaban J connectivity index is 1.51. The van der Waals surface area contributed by atoms with E-state index in [-0.39, 0.29) is 35.5 Å². The van der Waals surface area contributed by atoms with E-state index in [1.165, 1.54) is 11.8 Å². The number of aryl methyl sites for hydroxylation is 1. The maximum Gasteiger partial charge on any atom is 0.240 e. The van der Waals surface area contributed by atoms with Gasteiger partial charge in [-0.25, -0.2) is 4.68 Å². The van der Waals surface area contributed by atoms with Gasteiger partial charge in [-0.05, 0) is 49.6 Å². The first-order valence-corrected chi connectivity index (χ1v) is 15.2. The van der Waals surface area contributed by atoms with Crippen molar-refractivity contribution in [2.45, 2.75) is 31.1 Å². The highest BCUT2D eigenvalue weighted by Gasteiger charge is 2.37. The van der Waals surface area contributed by atoms with Crippen LogP contribution in [0.25, 0.3) is 16.9 Å². The number of carbonyl (C=O) groups excluding carboxylic acids is 2. The summed E-state index contributed by atoms with van der Waals surface area (Å²) in [5.41, 5.74) is 5.47. The van der Waals surface area contributed by atoms with Gasteiger partial charge >= 0.3 is 0 Å². The first-order chi connectivity index (χ1) is 20.0. The summed E-state index contributed by atoms with van der Waals surface area (Å²) in [6.45, 7) is 3.06. The van der Waals surface area contributed by atoms with Crippen LogP contribution in [-0.4, -0.2) is 53.1 Å². The first kappa shape index (κ1) is 27.6. The van der Waals surface area contributed by atoms with E-state index in [1.54, 1.807) is 4.90 Å². The van der Waals surface area contributed by atoms with Crippen LogP contribution in [0.5, 0.6) is 0 Å². The van der Waals surface area contributed by atoms with Gasteiger partial charge in [0.05, 0.1) is 28.5 Å². The van der Waals surface area contributed by atoms with Gasteiger partial charge in [-0.15, -0.1) is 11.8 Å². The van der Waals surface area contributed by atoms with Crippen molar-refractivity contribution < 1.29 is 14.3 Å². The van der Waals surface area contributed by atoms with Gasteiger partial charge in [0.25, 0.3) is 0 Å². The van der Waals surface area contributed by atoms with Crippen molar-refractivity contribution in [1.82, 2.24) is 15.1 Å². The molecule has 7 nitrogen and oxygen atoms in total. The quantitative estimate of drug-likeness (QED) is 0.289. The molecule has 3 aromatic carbocycles. The van der Waals surface area contributed by atoms with E-state index >= 15 is 0 Å². The molecule has 2 atom stereocenters. The summed E-state index contributed by atoms with van der Waals surface area (Å²) < 4.78 is 7.49. The van der Waals surface area contributed by atoms with Crippen LogP contribution in [0.2, 0.25) is 5.02 Å². The van der Waals surface area contributed by atoms with Gasteiger partial charge in [-0.3, -0.25) is 14.5 Å². The molecule has 1 aromatic heterocycles. The molecule has 0 bridgehead atoms. The number of nitrogens with one attached hydrogen (secondary N) is 1. The van der Waals surface area contributed by atoms with Crippen LogP contribution < -0.4 is 10.2 Å². The minimum atomic E-state index is -0.234. The zero-order valence-electron chi connectivity index (χ0n) is 22.8. The lowest BCUT2D eigenvalue weighted by Gasteiger charge is -2.23. The van der Waals surface area contributed by atoms with Crippen molar-refractivity contribution in [3.8, 4) is 16.9 Å². The molecule has 0 spiro atoms. The van der Waals surface area contributed by atoms with Crippen molar-refractivity contribution in [3.05, 3.63) is 101 Å². The average molecular weight is 587 g/mol. The topological polar surface area (TPSA) is 76.5 Å². The summed E-state index contributed by atoms with van der Waals surface area (Å²) in [6, 6.07) is 25.7. The van der Waals surface area contributed by atoms with Crippen LogP contribution in [0.4, 0.5) is 5.82 Å². The second-order valence-corrected chi connectivity index (χ2v) is 11.9. The van der Waals surface area contributed by atoms with Gasteiger partial charge in [-0.2, -0.15) is 5.10 Å². The third-order valence-corrected chi connectivity index (χ3v) is 8.91. The Kier molecular flexibility index (Phi) is 8.14. The number of carbonyl (C=O) groups is 2. The predicted molar refractivity (Wildman–Crippen MR) is 164 cm³/mol. The standard InChI is InChI=1S/C32H31ClN4O3S/c1-21-12-14-25(15-13-21)37-32-29(30(35-37)22-7-3-2-4-8-22)31(23-9-5-10-24(33)17-23)41-20-28(39)36(32)19-27(38)34-18-26-11-6-16-40-26/h2-5,7-10,12-15,17,26,31H,6,11,16,18-20H2,1H3,(H,34,38). The summed E-state index contributed by atoms with van der Waals surface area (Å²) >= 11 is 7.97. The molecule has 1 saturated heterocycles. The van der Waals surface area contributed by atoms with Crippen molar-refractivity contribution >= 4 is 41.0 Å². The van der Waals surface area contributed by atoms with Crippen molar-refractivity contribution in [2.75, 3.05) is 30.3 Å². The highest BCUT2D eigenvalue weighted by molar-refractivity contribution is 8.00. The summed E-state index contributed by atoms with van der Waals surface area (Å²) in [6.07, 6.45) is 1.93. The minimum Gasteiger partial charge on any atom is -0.376 e. The lowest BCUT2D eigenvalue weighted by atomic mass is 9.99. The third-order valence-electron chi connectivity index (χ3n) is 7.42. The Labute approximate surface area is 248 Å². The van der Waals surface area contributed by atoms with Crippen molar-refractivity contribution in [1.29, 1.82) is 0 Å². The second-order valence-electron chi connectivity index (χ2n) is 10.4. The van der Waals surface area contributed by atoms with Gasteiger partial charge in [0.2, 0.25) is 11.8 Å². The molecule has 0 aliphatic carbocycles. The number of benzene rings is 3. The zero-order chi connectivity index (χ0) is 28.3. The molecule has 9 heteroatoms. The Morgan fingerprint density at radius 3 is 2.63 bits per heavy atom. The average Bonchev–Trinajstić information content (AvgIpc) is 3.62. The summed E-state index contributed by atoms with van der Waals surface area (Å²) in [5, 5.41) is 8.50. The van der Waals surface area contributed by atoms with Crippen LogP contribution >= 0.6 is 23.4 Å². The lowest BCUT2D eigenvalue weighted by Crippen LogP contribution is -2.44. The van der Waals surface area contributed by atoms with Crippen LogP contribution in [0.1, 0.15) is 34.8 Å². The molecule has 3 heterocycles. The molecule has 210 valence electrons. The maximum atomic E-state index is 13.8. The number of rotatable bonds is 7. The molecule has 2 amide bonds. The lowest BCUT2D eigenvalue weighted by molar-refractivity contribution is -0.123. The normalized spacial score (nSPS) is 18.7. The number of hydrogen-bond donors (Lipinski definition) is 1. The number of amides is 2. The highest BCUT2D eigenvalue weighted by atomic mass is 35.5. The smallest absolute Gasteiger partial charge is 0.240 e. The number of aromatic nitrogens is 2. The molecule has 2 unspecified atom stereocenters. The molecule has 4 aromatic rings. The fraction of sp³-hybridized carbons (Fsp3) is 0.281. The molecule has 6 rings (SSSR count). The van der Waals surface area contributed by atoms with Crippen molar-refractivity contribution in [3.63, 3.8) is 0 Å². The predicted octanol–water partition coefficient (Wildman–Crippen LogP) is 5.97. The Bertz CT molecular complexity index is 1550. The molecular weight excluding hydrogens is 556 g/mol. The monoisotopic (exact) mass is 586 g/mol. The summed E-state index contributed by atoms with van der Waals surface area (Å²) in [4.78, 5) is 28.7. The number of thioether (sulfide) groups is 1. The number of halogens is 1. The number of nitrogens with zero attached hydrogens (tertiary/aromatic N) is 3. The fourth-order valence-electron chi connectivity index (χ4n) is 5.36. The molecule has 41 heavy (non-hydrogen) atoms. The summed E-state index contributed by atoms with van der Waals surface area (Å²) in [7, 11) is 0. The molecule has 1 fully saturated rings. The second kappa shape index (κ2) is 12.1. The minimum absolute atomic E-state index is 0.0138. The van der Waals surface area contributed by atoms with Gasteiger partial charge in [0.15, 0.2) is 0 Å². The number of anilines is 1. The maximum absolute atomic E-state index is 13.8. The van der Waals surface area contributed by atoms with Gasteiger partial charge in [0.1, 0.15) is 12.4 Å². The highest BCUT2D eigenvalue weighted by Crippen LogP contribution is 2.48. The van der Waals surface area contributed by atoms with Crippen LogP contribution in [0.3, 0.4) is 0 Å². The van der Waals surface area contributed by atoms with E-state index in [1.807, 2.05) is 90.5 Å². The van der Waals surface area contributed by atoms with E-state index in [0.717, 1.165) is 46.5 Å². The molecule has 1 N–H and O–H groups in total. The van der Waals surface area contributed by atoms with E-state index in [4.69, 9.17) is 21.4 Å². The van der Waals surface area contributed by atoms with E-state index < -0.39 is 0 Å². The van der Waals surface area contributed by atoms with Gasteiger partial charge in [0, 0.05) is 29.3 Å². The van der Waals surface area contributed by atoms with E-state index in [2.05, 4.69) is 5.32 Å². The van der Waals surface area contributed by atoms with Crippen LogP contribution in [0.15, 0.2) is 78.9 Å². The molecule has 0 radical (unpaired) electrons.